The Morgan fingerprint density at radius 1 is 1.12 bits per heavy atom. The molecular formula is C14H28N2. The van der Waals surface area contributed by atoms with E-state index in [1.165, 1.54) is 58.2 Å². The lowest BCUT2D eigenvalue weighted by molar-refractivity contribution is 0.130. The van der Waals surface area contributed by atoms with Crippen LogP contribution in [0.4, 0.5) is 0 Å². The van der Waals surface area contributed by atoms with Gasteiger partial charge >= 0.3 is 0 Å². The van der Waals surface area contributed by atoms with Gasteiger partial charge in [-0.05, 0) is 44.1 Å². The van der Waals surface area contributed by atoms with E-state index in [1.807, 2.05) is 0 Å². The Hall–Kier alpha value is -0.0800. The molecule has 94 valence electrons. The Labute approximate surface area is 101 Å². The van der Waals surface area contributed by atoms with Crippen LogP contribution in [0.5, 0.6) is 0 Å². The average Bonchev–Trinajstić information content (AvgIpc) is 2.62. The van der Waals surface area contributed by atoms with Crippen LogP contribution in [0.3, 0.4) is 0 Å². The van der Waals surface area contributed by atoms with Crippen LogP contribution in [0.1, 0.15) is 52.4 Å². The highest BCUT2D eigenvalue weighted by molar-refractivity contribution is 4.90. The molecule has 1 heterocycles. The van der Waals surface area contributed by atoms with E-state index in [-0.39, 0.29) is 5.54 Å². The molecule has 0 bridgehead atoms. The van der Waals surface area contributed by atoms with E-state index >= 15 is 0 Å². The van der Waals surface area contributed by atoms with Crippen molar-refractivity contribution in [1.29, 1.82) is 0 Å². The maximum absolute atomic E-state index is 6.42. The minimum atomic E-state index is 0.184. The van der Waals surface area contributed by atoms with Gasteiger partial charge in [0.1, 0.15) is 0 Å². The summed E-state index contributed by atoms with van der Waals surface area (Å²) in [5.41, 5.74) is 6.60. The summed E-state index contributed by atoms with van der Waals surface area (Å²) in [6, 6.07) is 0. The van der Waals surface area contributed by atoms with Gasteiger partial charge < -0.3 is 10.6 Å². The van der Waals surface area contributed by atoms with E-state index in [4.69, 9.17) is 5.73 Å². The molecule has 0 radical (unpaired) electrons. The lowest BCUT2D eigenvalue weighted by atomic mass is 9.90. The van der Waals surface area contributed by atoms with Crippen molar-refractivity contribution in [2.75, 3.05) is 19.6 Å². The molecule has 2 atom stereocenters. The molecule has 1 saturated heterocycles. The zero-order valence-corrected chi connectivity index (χ0v) is 11.0. The molecule has 2 nitrogen and oxygen atoms in total. The van der Waals surface area contributed by atoms with Crippen molar-refractivity contribution in [2.45, 2.75) is 57.9 Å². The quantitative estimate of drug-likeness (QED) is 0.798. The Morgan fingerprint density at radius 3 is 2.25 bits per heavy atom. The molecular weight excluding hydrogens is 196 g/mol. The van der Waals surface area contributed by atoms with Crippen LogP contribution in [0.2, 0.25) is 0 Å². The number of hydrogen-bond donors (Lipinski definition) is 1. The van der Waals surface area contributed by atoms with Crippen molar-refractivity contribution in [3.8, 4) is 0 Å². The molecule has 2 heteroatoms. The third-order valence-electron chi connectivity index (χ3n) is 4.47. The van der Waals surface area contributed by atoms with Crippen molar-refractivity contribution in [1.82, 2.24) is 4.90 Å². The topological polar surface area (TPSA) is 29.3 Å². The van der Waals surface area contributed by atoms with Crippen LogP contribution in [-0.2, 0) is 0 Å². The molecule has 0 amide bonds. The molecule has 0 aromatic rings. The number of likely N-dealkylation sites (tertiary alicyclic amines) is 1. The van der Waals surface area contributed by atoms with Gasteiger partial charge in [-0.2, -0.15) is 0 Å². The minimum Gasteiger partial charge on any atom is -0.325 e. The van der Waals surface area contributed by atoms with Gasteiger partial charge in [-0.15, -0.1) is 0 Å². The second-order valence-electron chi connectivity index (χ2n) is 6.53. The van der Waals surface area contributed by atoms with Gasteiger partial charge in [0.2, 0.25) is 0 Å². The predicted octanol–water partition coefficient (Wildman–Crippen LogP) is 2.63. The van der Waals surface area contributed by atoms with Crippen molar-refractivity contribution in [3.63, 3.8) is 0 Å². The standard InChI is InChI=1S/C14H28N2/c1-12-9-13(2)11-16(10-12)8-7-14(15)5-3-4-6-14/h12-13H,3-11,15H2,1-2H3. The van der Waals surface area contributed by atoms with E-state index in [0.717, 1.165) is 11.8 Å². The van der Waals surface area contributed by atoms with E-state index in [1.54, 1.807) is 0 Å². The van der Waals surface area contributed by atoms with Crippen molar-refractivity contribution >= 4 is 0 Å². The minimum absolute atomic E-state index is 0.184. The summed E-state index contributed by atoms with van der Waals surface area (Å²) < 4.78 is 0. The van der Waals surface area contributed by atoms with Crippen LogP contribution >= 0.6 is 0 Å². The monoisotopic (exact) mass is 224 g/mol. The van der Waals surface area contributed by atoms with Gasteiger partial charge in [-0.3, -0.25) is 0 Å². The van der Waals surface area contributed by atoms with Gasteiger partial charge in [0, 0.05) is 18.6 Å². The van der Waals surface area contributed by atoms with Crippen LogP contribution in [0.15, 0.2) is 0 Å². The number of hydrogen-bond acceptors (Lipinski definition) is 2. The number of nitrogens with zero attached hydrogens (tertiary/aromatic N) is 1. The molecule has 2 unspecified atom stereocenters. The first-order valence-electron chi connectivity index (χ1n) is 7.09. The maximum Gasteiger partial charge on any atom is 0.0166 e. The molecule has 2 rings (SSSR count). The second-order valence-corrected chi connectivity index (χ2v) is 6.53. The zero-order chi connectivity index (χ0) is 11.6. The molecule has 2 fully saturated rings. The summed E-state index contributed by atoms with van der Waals surface area (Å²) in [6.45, 7) is 8.58. The Kier molecular flexibility index (Phi) is 3.91. The first-order chi connectivity index (χ1) is 7.57. The predicted molar refractivity (Wildman–Crippen MR) is 69.4 cm³/mol. The Balaban J connectivity index is 1.76. The van der Waals surface area contributed by atoms with Crippen molar-refractivity contribution < 1.29 is 0 Å². The van der Waals surface area contributed by atoms with Gasteiger partial charge in [0.15, 0.2) is 0 Å². The molecule has 0 aromatic heterocycles. The summed E-state index contributed by atoms with van der Waals surface area (Å²) in [6.07, 6.45) is 7.83. The first kappa shape index (κ1) is 12.4. The van der Waals surface area contributed by atoms with Gasteiger partial charge in [-0.25, -0.2) is 0 Å². The molecule has 1 aliphatic carbocycles. The summed E-state index contributed by atoms with van der Waals surface area (Å²) >= 11 is 0. The molecule has 16 heavy (non-hydrogen) atoms. The van der Waals surface area contributed by atoms with Crippen LogP contribution in [-0.4, -0.2) is 30.1 Å². The largest absolute Gasteiger partial charge is 0.325 e. The van der Waals surface area contributed by atoms with Gasteiger partial charge in [0.25, 0.3) is 0 Å². The highest BCUT2D eigenvalue weighted by atomic mass is 15.1. The van der Waals surface area contributed by atoms with E-state index < -0.39 is 0 Å². The SMILES string of the molecule is CC1CC(C)CN(CCC2(N)CCCC2)C1. The smallest absolute Gasteiger partial charge is 0.0166 e. The molecule has 1 aliphatic heterocycles. The fourth-order valence-corrected chi connectivity index (χ4v) is 3.68. The summed E-state index contributed by atoms with van der Waals surface area (Å²) in [4.78, 5) is 2.64. The summed E-state index contributed by atoms with van der Waals surface area (Å²) in [5.74, 6) is 1.75. The highest BCUT2D eigenvalue weighted by Crippen LogP contribution is 2.31. The van der Waals surface area contributed by atoms with Crippen molar-refractivity contribution in [3.05, 3.63) is 0 Å². The molecule has 0 aromatic carbocycles. The van der Waals surface area contributed by atoms with Crippen LogP contribution < -0.4 is 5.73 Å². The Morgan fingerprint density at radius 2 is 1.69 bits per heavy atom. The molecule has 0 spiro atoms. The maximum atomic E-state index is 6.42. The lowest BCUT2D eigenvalue weighted by Gasteiger charge is -2.37. The molecule has 2 N–H and O–H groups in total. The third-order valence-corrected chi connectivity index (χ3v) is 4.47. The fraction of sp³-hybridized carbons (Fsp3) is 1.00. The van der Waals surface area contributed by atoms with E-state index in [2.05, 4.69) is 18.7 Å². The number of rotatable bonds is 3. The second kappa shape index (κ2) is 5.05. The van der Waals surface area contributed by atoms with Gasteiger partial charge in [0.05, 0.1) is 0 Å². The third kappa shape index (κ3) is 3.21. The van der Waals surface area contributed by atoms with E-state index in [9.17, 15) is 0 Å². The number of piperidine rings is 1. The first-order valence-corrected chi connectivity index (χ1v) is 7.09. The lowest BCUT2D eigenvalue weighted by Crippen LogP contribution is -2.44. The number of nitrogens with two attached hydrogens (primary N) is 1. The van der Waals surface area contributed by atoms with Crippen LogP contribution in [0.25, 0.3) is 0 Å². The summed E-state index contributed by atoms with van der Waals surface area (Å²) in [7, 11) is 0. The van der Waals surface area contributed by atoms with Crippen LogP contribution in [0, 0.1) is 11.8 Å². The fourth-order valence-electron chi connectivity index (χ4n) is 3.68. The average molecular weight is 224 g/mol. The molecule has 1 saturated carbocycles. The normalized spacial score (nSPS) is 35.4. The van der Waals surface area contributed by atoms with Gasteiger partial charge in [-0.1, -0.05) is 26.7 Å². The molecule has 2 aliphatic rings. The summed E-state index contributed by atoms with van der Waals surface area (Å²) in [5, 5.41) is 0. The van der Waals surface area contributed by atoms with E-state index in [0.29, 0.717) is 0 Å². The highest BCUT2D eigenvalue weighted by Gasteiger charge is 2.30. The van der Waals surface area contributed by atoms with Crippen molar-refractivity contribution in [2.24, 2.45) is 17.6 Å². The zero-order valence-electron chi connectivity index (χ0n) is 11.0. The Bertz CT molecular complexity index is 211.